The Kier molecular flexibility index (Phi) is 3.85. The number of nitrogens with zero attached hydrogens (tertiary/aromatic N) is 2. The van der Waals surface area contributed by atoms with Gasteiger partial charge < -0.3 is 10.2 Å². The van der Waals surface area contributed by atoms with Gasteiger partial charge in [-0.15, -0.1) is 0 Å². The van der Waals surface area contributed by atoms with E-state index < -0.39 is 22.4 Å². The van der Waals surface area contributed by atoms with Crippen molar-refractivity contribution < 1.29 is 18.1 Å². The summed E-state index contributed by atoms with van der Waals surface area (Å²) in [6.07, 6.45) is -4.58. The summed E-state index contributed by atoms with van der Waals surface area (Å²) >= 11 is 0. The molecule has 0 spiro atoms. The number of rotatable bonds is 2. The molecule has 1 heterocycles. The quantitative estimate of drug-likeness (QED) is 0.671. The molecule has 110 valence electrons. The second-order valence-corrected chi connectivity index (χ2v) is 4.70. The molecule has 0 unspecified atom stereocenters. The lowest BCUT2D eigenvalue weighted by atomic mass is 10.1. The Morgan fingerprint density at radius 3 is 2.70 bits per heavy atom. The highest BCUT2D eigenvalue weighted by molar-refractivity contribution is 5.65. The van der Waals surface area contributed by atoms with Crippen LogP contribution in [0.3, 0.4) is 0 Å². The van der Waals surface area contributed by atoms with Crippen molar-refractivity contribution in [2.75, 3.05) is 24.5 Å². The minimum atomic E-state index is -4.58. The van der Waals surface area contributed by atoms with E-state index in [9.17, 15) is 23.3 Å². The Balaban J connectivity index is 2.45. The summed E-state index contributed by atoms with van der Waals surface area (Å²) in [6.45, 7) is 3.67. The molecule has 0 aromatic heterocycles. The number of benzene rings is 1. The lowest BCUT2D eigenvalue weighted by molar-refractivity contribution is -0.384. The van der Waals surface area contributed by atoms with Gasteiger partial charge >= 0.3 is 6.18 Å². The third-order valence-corrected chi connectivity index (χ3v) is 3.31. The number of nitrogens with one attached hydrogen (secondary N) is 1. The van der Waals surface area contributed by atoms with Gasteiger partial charge in [-0.3, -0.25) is 10.1 Å². The Bertz CT molecular complexity index is 519. The standard InChI is InChI=1S/C12H14F3N3O2/c1-8-7-16-4-5-17(8)10-3-2-9(12(13,14)15)6-11(10)18(19)20/h2-3,6,8,16H,4-5,7H2,1H3/t8-/m1/s1. The topological polar surface area (TPSA) is 58.4 Å². The fourth-order valence-electron chi connectivity index (χ4n) is 2.29. The molecule has 8 heteroatoms. The van der Waals surface area contributed by atoms with Gasteiger partial charge in [0.2, 0.25) is 0 Å². The highest BCUT2D eigenvalue weighted by atomic mass is 19.4. The number of anilines is 1. The Morgan fingerprint density at radius 1 is 1.45 bits per heavy atom. The third kappa shape index (κ3) is 2.84. The van der Waals surface area contributed by atoms with E-state index in [1.54, 1.807) is 4.90 Å². The number of piperazine rings is 1. The van der Waals surface area contributed by atoms with E-state index in [0.717, 1.165) is 6.07 Å². The molecular weight excluding hydrogens is 275 g/mol. The van der Waals surface area contributed by atoms with Crippen LogP contribution >= 0.6 is 0 Å². The monoisotopic (exact) mass is 289 g/mol. The number of hydrogen-bond acceptors (Lipinski definition) is 4. The third-order valence-electron chi connectivity index (χ3n) is 3.31. The van der Waals surface area contributed by atoms with Crippen LogP contribution in [0.1, 0.15) is 12.5 Å². The van der Waals surface area contributed by atoms with Crippen LogP contribution in [-0.4, -0.2) is 30.6 Å². The normalized spacial score (nSPS) is 20.0. The summed E-state index contributed by atoms with van der Waals surface area (Å²) < 4.78 is 37.9. The molecule has 0 aliphatic carbocycles. The molecule has 1 aromatic carbocycles. The molecule has 1 aliphatic heterocycles. The first-order valence-electron chi connectivity index (χ1n) is 6.13. The summed E-state index contributed by atoms with van der Waals surface area (Å²) in [6, 6.07) is 2.66. The van der Waals surface area contributed by atoms with Gasteiger partial charge in [-0.05, 0) is 19.1 Å². The maximum absolute atomic E-state index is 12.6. The SMILES string of the molecule is C[C@@H]1CNCCN1c1ccc(C(F)(F)F)cc1[N+](=O)[O-]. The van der Waals surface area contributed by atoms with Gasteiger partial charge in [0.1, 0.15) is 5.69 Å². The molecule has 0 saturated carbocycles. The molecule has 2 rings (SSSR count). The van der Waals surface area contributed by atoms with E-state index in [0.29, 0.717) is 25.7 Å². The fraction of sp³-hybridized carbons (Fsp3) is 0.500. The summed E-state index contributed by atoms with van der Waals surface area (Å²) in [5.41, 5.74) is -1.28. The van der Waals surface area contributed by atoms with Crippen molar-refractivity contribution in [3.05, 3.63) is 33.9 Å². The first-order chi connectivity index (χ1) is 9.30. The Morgan fingerprint density at radius 2 is 2.15 bits per heavy atom. The highest BCUT2D eigenvalue weighted by Gasteiger charge is 2.34. The van der Waals surface area contributed by atoms with E-state index in [1.807, 2.05) is 6.92 Å². The van der Waals surface area contributed by atoms with Gasteiger partial charge in [-0.25, -0.2) is 0 Å². The van der Waals surface area contributed by atoms with Gasteiger partial charge in [0, 0.05) is 31.7 Å². The lowest BCUT2D eigenvalue weighted by Crippen LogP contribution is -2.50. The van der Waals surface area contributed by atoms with Gasteiger partial charge in [0.15, 0.2) is 0 Å². The first kappa shape index (κ1) is 14.6. The molecule has 0 bridgehead atoms. The molecule has 1 atom stereocenters. The molecular formula is C12H14F3N3O2. The van der Waals surface area contributed by atoms with E-state index in [1.165, 1.54) is 6.07 Å². The average molecular weight is 289 g/mol. The molecule has 1 aliphatic rings. The number of nitro benzene ring substituents is 1. The van der Waals surface area contributed by atoms with Crippen LogP contribution < -0.4 is 10.2 Å². The maximum atomic E-state index is 12.6. The van der Waals surface area contributed by atoms with Gasteiger partial charge in [-0.1, -0.05) is 0 Å². The van der Waals surface area contributed by atoms with Crippen LogP contribution in [-0.2, 0) is 6.18 Å². The van der Waals surface area contributed by atoms with Crippen molar-refractivity contribution in [3.8, 4) is 0 Å². The van der Waals surface area contributed by atoms with Crippen LogP contribution in [0.15, 0.2) is 18.2 Å². The lowest BCUT2D eigenvalue weighted by Gasteiger charge is -2.35. The van der Waals surface area contributed by atoms with Gasteiger partial charge in [-0.2, -0.15) is 13.2 Å². The van der Waals surface area contributed by atoms with Crippen LogP contribution in [0.25, 0.3) is 0 Å². The van der Waals surface area contributed by atoms with Crippen molar-refractivity contribution in [1.82, 2.24) is 5.32 Å². The molecule has 0 amide bonds. The van der Waals surface area contributed by atoms with Crippen molar-refractivity contribution >= 4 is 11.4 Å². The van der Waals surface area contributed by atoms with E-state index in [2.05, 4.69) is 5.32 Å². The molecule has 1 fully saturated rings. The molecule has 0 radical (unpaired) electrons. The smallest absolute Gasteiger partial charge is 0.361 e. The molecule has 1 aromatic rings. The van der Waals surface area contributed by atoms with Crippen molar-refractivity contribution in [1.29, 1.82) is 0 Å². The van der Waals surface area contributed by atoms with Crippen molar-refractivity contribution in [2.45, 2.75) is 19.1 Å². The first-order valence-corrected chi connectivity index (χ1v) is 6.13. The zero-order valence-corrected chi connectivity index (χ0v) is 10.8. The average Bonchev–Trinajstić information content (AvgIpc) is 2.37. The predicted octanol–water partition coefficient (Wildman–Crippen LogP) is 2.41. The van der Waals surface area contributed by atoms with Crippen LogP contribution in [0.5, 0.6) is 0 Å². The number of halogens is 3. The number of hydrogen-bond donors (Lipinski definition) is 1. The van der Waals surface area contributed by atoms with Crippen LogP contribution in [0.4, 0.5) is 24.5 Å². The van der Waals surface area contributed by atoms with Crippen LogP contribution in [0.2, 0.25) is 0 Å². The minimum absolute atomic E-state index is 0.0146. The van der Waals surface area contributed by atoms with Gasteiger partial charge in [0.05, 0.1) is 10.5 Å². The second-order valence-electron chi connectivity index (χ2n) is 4.70. The minimum Gasteiger partial charge on any atom is -0.361 e. The van der Waals surface area contributed by atoms with E-state index >= 15 is 0 Å². The number of nitro groups is 1. The summed E-state index contributed by atoms with van der Waals surface area (Å²) in [5, 5.41) is 14.2. The fourth-order valence-corrected chi connectivity index (χ4v) is 2.29. The van der Waals surface area contributed by atoms with E-state index in [4.69, 9.17) is 0 Å². The molecule has 20 heavy (non-hydrogen) atoms. The summed E-state index contributed by atoms with van der Waals surface area (Å²) in [7, 11) is 0. The zero-order valence-electron chi connectivity index (χ0n) is 10.8. The zero-order chi connectivity index (χ0) is 14.9. The molecule has 5 nitrogen and oxygen atoms in total. The van der Waals surface area contributed by atoms with Crippen molar-refractivity contribution in [3.63, 3.8) is 0 Å². The van der Waals surface area contributed by atoms with Crippen LogP contribution in [0, 0.1) is 10.1 Å². The largest absolute Gasteiger partial charge is 0.416 e. The molecule has 1 N–H and O–H groups in total. The second kappa shape index (κ2) is 5.28. The predicted molar refractivity (Wildman–Crippen MR) is 67.8 cm³/mol. The highest BCUT2D eigenvalue weighted by Crippen LogP contribution is 2.37. The van der Waals surface area contributed by atoms with Crippen molar-refractivity contribution in [2.24, 2.45) is 0 Å². The maximum Gasteiger partial charge on any atom is 0.416 e. The van der Waals surface area contributed by atoms with Gasteiger partial charge in [0.25, 0.3) is 5.69 Å². The molecule has 1 saturated heterocycles. The number of alkyl halides is 3. The Labute approximate surface area is 113 Å². The Hall–Kier alpha value is -1.83. The summed E-state index contributed by atoms with van der Waals surface area (Å²) in [5.74, 6) is 0. The summed E-state index contributed by atoms with van der Waals surface area (Å²) in [4.78, 5) is 12.0. The van der Waals surface area contributed by atoms with E-state index in [-0.39, 0.29) is 11.7 Å².